The van der Waals surface area contributed by atoms with Crippen LogP contribution in [0.4, 0.5) is 4.79 Å². The van der Waals surface area contributed by atoms with Gasteiger partial charge >= 0.3 is 12.1 Å². The Morgan fingerprint density at radius 2 is 1.45 bits per heavy atom. The molecule has 0 heterocycles. The molecule has 2 aromatic rings. The van der Waals surface area contributed by atoms with Gasteiger partial charge in [0.1, 0.15) is 24.7 Å². The maximum Gasteiger partial charge on any atom is 0.408 e. The normalized spacial score (nSPS) is 13.1. The molecule has 12 heteroatoms. The predicted octanol–water partition coefficient (Wildman–Crippen LogP) is 3.59. The second kappa shape index (κ2) is 14.3. The van der Waals surface area contributed by atoms with Gasteiger partial charge in [0, 0.05) is 0 Å². The largest absolute Gasteiger partial charge is 0.481 e. The number of carboxylic acid groups (broad SMARTS) is 1. The quantitative estimate of drug-likeness (QED) is 0.287. The number of alkyl carbamates (subject to hydrolysis) is 1. The molecule has 0 saturated carbocycles. The van der Waals surface area contributed by atoms with E-state index < -0.39 is 54.2 Å². The van der Waals surface area contributed by atoms with Crippen LogP contribution >= 0.6 is 23.2 Å². The van der Waals surface area contributed by atoms with Gasteiger partial charge in [-0.05, 0) is 30.5 Å². The number of benzene rings is 2. The fraction of sp³-hybridized carbons (Fsp3) is 0.346. The van der Waals surface area contributed by atoms with E-state index >= 15 is 0 Å². The minimum atomic E-state index is -1.50. The summed E-state index contributed by atoms with van der Waals surface area (Å²) in [5, 5.41) is 16.5. The first-order valence-electron chi connectivity index (χ1n) is 11.7. The van der Waals surface area contributed by atoms with Crippen LogP contribution in [0.25, 0.3) is 0 Å². The maximum atomic E-state index is 13.0. The topological polar surface area (TPSA) is 151 Å². The summed E-state index contributed by atoms with van der Waals surface area (Å²) in [5.74, 6) is -4.00. The molecule has 0 aliphatic rings. The van der Waals surface area contributed by atoms with Crippen molar-refractivity contribution in [1.29, 1.82) is 0 Å². The summed E-state index contributed by atoms with van der Waals surface area (Å²) in [5.41, 5.74) is 0.638. The van der Waals surface area contributed by atoms with Crippen LogP contribution < -0.4 is 16.0 Å². The molecule has 10 nitrogen and oxygen atoms in total. The molecule has 0 radical (unpaired) electrons. The second-order valence-electron chi connectivity index (χ2n) is 8.78. The Morgan fingerprint density at radius 3 is 2.00 bits per heavy atom. The number of hydrogen-bond acceptors (Lipinski definition) is 6. The minimum absolute atomic E-state index is 0.00140. The standard InChI is InChI=1S/C26H29Cl2N3O7/c1-14(2)22(31-26(37)38-13-16-8-5-4-6-9-16)25(36)29-15(3)24(35)30-19(12-20(32)33)23(34)21-17(27)10-7-11-18(21)28/h4-11,14-15,19,22H,12-13H2,1-3H3,(H,29,36)(H,30,35)(H,31,37)(H,32,33). The molecule has 2 aromatic carbocycles. The number of carbonyl (C=O) groups is 5. The van der Waals surface area contributed by atoms with Crippen molar-refractivity contribution in [3.8, 4) is 0 Å². The molecule has 3 unspecified atom stereocenters. The Kier molecular flexibility index (Phi) is 11.5. The number of aliphatic carboxylic acids is 1. The highest BCUT2D eigenvalue weighted by atomic mass is 35.5. The second-order valence-corrected chi connectivity index (χ2v) is 9.59. The van der Waals surface area contributed by atoms with Gasteiger partial charge < -0.3 is 25.8 Å². The van der Waals surface area contributed by atoms with Crippen molar-refractivity contribution in [2.75, 3.05) is 0 Å². The molecule has 0 aromatic heterocycles. The predicted molar refractivity (Wildman–Crippen MR) is 141 cm³/mol. The molecular formula is C26H29Cl2N3O7. The Hall–Kier alpha value is -3.63. The molecule has 0 aliphatic carbocycles. The molecule has 0 aliphatic heterocycles. The van der Waals surface area contributed by atoms with Crippen molar-refractivity contribution < 1.29 is 33.8 Å². The average Bonchev–Trinajstić information content (AvgIpc) is 2.85. The summed E-state index contributed by atoms with van der Waals surface area (Å²) < 4.78 is 5.16. The summed E-state index contributed by atoms with van der Waals surface area (Å²) in [7, 11) is 0. The number of rotatable bonds is 12. The highest BCUT2D eigenvalue weighted by Gasteiger charge is 2.31. The number of carboxylic acids is 1. The summed E-state index contributed by atoms with van der Waals surface area (Å²) in [4.78, 5) is 62.3. The Balaban J connectivity index is 2.04. The molecule has 3 amide bonds. The monoisotopic (exact) mass is 565 g/mol. The van der Waals surface area contributed by atoms with Crippen LogP contribution in [0.2, 0.25) is 10.0 Å². The first kappa shape index (κ1) is 30.6. The Morgan fingerprint density at radius 1 is 0.842 bits per heavy atom. The molecule has 204 valence electrons. The van der Waals surface area contributed by atoms with Crippen molar-refractivity contribution in [1.82, 2.24) is 16.0 Å². The molecule has 0 spiro atoms. The number of hydrogen-bond donors (Lipinski definition) is 4. The van der Waals surface area contributed by atoms with Crippen LogP contribution in [0.3, 0.4) is 0 Å². The van der Waals surface area contributed by atoms with E-state index in [1.54, 1.807) is 38.1 Å². The lowest BCUT2D eigenvalue weighted by atomic mass is 10.0. The molecule has 38 heavy (non-hydrogen) atoms. The van der Waals surface area contributed by atoms with E-state index in [0.29, 0.717) is 0 Å². The number of ketones is 1. The van der Waals surface area contributed by atoms with Crippen LogP contribution in [0, 0.1) is 5.92 Å². The van der Waals surface area contributed by atoms with Gasteiger partial charge in [-0.1, -0.05) is 73.4 Å². The van der Waals surface area contributed by atoms with Gasteiger partial charge in [-0.3, -0.25) is 19.2 Å². The first-order valence-corrected chi connectivity index (χ1v) is 12.4. The zero-order chi connectivity index (χ0) is 28.4. The minimum Gasteiger partial charge on any atom is -0.481 e. The van der Waals surface area contributed by atoms with E-state index in [9.17, 15) is 29.1 Å². The van der Waals surface area contributed by atoms with Crippen molar-refractivity contribution in [3.63, 3.8) is 0 Å². The van der Waals surface area contributed by atoms with Gasteiger partial charge in [0.05, 0.1) is 22.0 Å². The summed E-state index contributed by atoms with van der Waals surface area (Å²) in [6.07, 6.45) is -1.56. The number of carbonyl (C=O) groups excluding carboxylic acids is 4. The third-order valence-electron chi connectivity index (χ3n) is 5.41. The lowest BCUT2D eigenvalue weighted by Gasteiger charge is -2.24. The molecule has 0 bridgehead atoms. The smallest absolute Gasteiger partial charge is 0.408 e. The lowest BCUT2D eigenvalue weighted by molar-refractivity contribution is -0.137. The fourth-order valence-electron chi connectivity index (χ4n) is 3.38. The summed E-state index contributed by atoms with van der Waals surface area (Å²) >= 11 is 12.1. The molecule has 0 saturated heterocycles. The molecule has 0 fully saturated rings. The molecule has 4 N–H and O–H groups in total. The number of nitrogens with one attached hydrogen (secondary N) is 3. The van der Waals surface area contributed by atoms with E-state index in [0.717, 1.165) is 5.56 Å². The van der Waals surface area contributed by atoms with Gasteiger partial charge in [-0.2, -0.15) is 0 Å². The van der Waals surface area contributed by atoms with Gasteiger partial charge in [-0.15, -0.1) is 0 Å². The molecular weight excluding hydrogens is 537 g/mol. The number of amides is 3. The highest BCUT2D eigenvalue weighted by Crippen LogP contribution is 2.26. The fourth-order valence-corrected chi connectivity index (χ4v) is 3.97. The molecule has 3 atom stereocenters. The number of Topliss-reactive ketones (excluding diaryl/α,β-unsaturated/α-hetero) is 1. The van der Waals surface area contributed by atoms with E-state index in [-0.39, 0.29) is 28.1 Å². The van der Waals surface area contributed by atoms with Gasteiger partial charge in [0.25, 0.3) is 0 Å². The van der Waals surface area contributed by atoms with Crippen LogP contribution in [0.5, 0.6) is 0 Å². The third-order valence-corrected chi connectivity index (χ3v) is 6.04. The van der Waals surface area contributed by atoms with E-state index in [1.807, 2.05) is 6.07 Å². The van der Waals surface area contributed by atoms with Crippen LogP contribution in [-0.2, 0) is 25.7 Å². The summed E-state index contributed by atoms with van der Waals surface area (Å²) in [6, 6.07) is 9.60. The zero-order valence-electron chi connectivity index (χ0n) is 21.0. The molecule has 2 rings (SSSR count). The third kappa shape index (κ3) is 9.04. The SMILES string of the molecule is CC(NC(=O)C(NC(=O)OCc1ccccc1)C(C)C)C(=O)NC(CC(=O)O)C(=O)c1c(Cl)cccc1Cl. The van der Waals surface area contributed by atoms with E-state index in [4.69, 9.17) is 27.9 Å². The Labute approximate surface area is 230 Å². The van der Waals surface area contributed by atoms with Crippen molar-refractivity contribution >= 4 is 52.9 Å². The van der Waals surface area contributed by atoms with Crippen LogP contribution in [-0.4, -0.2) is 52.9 Å². The van der Waals surface area contributed by atoms with E-state index in [1.165, 1.54) is 25.1 Å². The maximum absolute atomic E-state index is 13.0. The zero-order valence-corrected chi connectivity index (χ0v) is 22.5. The van der Waals surface area contributed by atoms with Crippen LogP contribution in [0.15, 0.2) is 48.5 Å². The van der Waals surface area contributed by atoms with Crippen molar-refractivity contribution in [2.24, 2.45) is 5.92 Å². The first-order chi connectivity index (χ1) is 17.9. The van der Waals surface area contributed by atoms with Crippen LogP contribution in [0.1, 0.15) is 43.1 Å². The van der Waals surface area contributed by atoms with Gasteiger partial charge in [0.2, 0.25) is 11.8 Å². The van der Waals surface area contributed by atoms with Gasteiger partial charge in [-0.25, -0.2) is 4.79 Å². The van der Waals surface area contributed by atoms with Gasteiger partial charge in [0.15, 0.2) is 5.78 Å². The van der Waals surface area contributed by atoms with E-state index in [2.05, 4.69) is 16.0 Å². The highest BCUT2D eigenvalue weighted by molar-refractivity contribution is 6.40. The van der Waals surface area contributed by atoms with Crippen molar-refractivity contribution in [3.05, 3.63) is 69.7 Å². The summed E-state index contributed by atoms with van der Waals surface area (Å²) in [6.45, 7) is 4.75. The number of halogens is 2. The average molecular weight is 566 g/mol. The van der Waals surface area contributed by atoms with Crippen molar-refractivity contribution in [2.45, 2.75) is 51.9 Å². The lowest BCUT2D eigenvalue weighted by Crippen LogP contribution is -2.56. The number of ether oxygens (including phenoxy) is 1. The Bertz CT molecular complexity index is 1150.